The van der Waals surface area contributed by atoms with E-state index in [-0.39, 0.29) is 5.82 Å². The van der Waals surface area contributed by atoms with Gasteiger partial charge >= 0.3 is 0 Å². The topological polar surface area (TPSA) is 74.8 Å². The molecular formula is C30H34ClFN6O2. The number of rotatable bonds is 10. The summed E-state index contributed by atoms with van der Waals surface area (Å²) in [7, 11) is 7.13. The monoisotopic (exact) mass is 564 g/mol. The van der Waals surface area contributed by atoms with Crippen LogP contribution in [-0.2, 0) is 0 Å². The molecule has 0 aliphatic carbocycles. The predicted octanol–water partition coefficient (Wildman–Crippen LogP) is 6.15. The third-order valence-corrected chi connectivity index (χ3v) is 7.47. The van der Waals surface area contributed by atoms with Crippen molar-refractivity contribution in [3.8, 4) is 11.5 Å². The minimum Gasteiger partial charge on any atom is -0.493 e. The first-order valence-corrected chi connectivity index (χ1v) is 13.6. The lowest BCUT2D eigenvalue weighted by Crippen LogP contribution is -2.21. The van der Waals surface area contributed by atoms with Gasteiger partial charge in [0.25, 0.3) is 0 Å². The molecule has 3 heterocycles. The SMILES string of the molecule is COc1cc2nc(N3CCC(c4ccccc4Cl)C3)cc(Nc3cnc(NCCN(C)C)c(F)c3)c2cc1OC. The van der Waals surface area contributed by atoms with E-state index in [1.165, 1.54) is 6.07 Å². The second kappa shape index (κ2) is 12.1. The molecule has 0 amide bonds. The first-order valence-electron chi connectivity index (χ1n) is 13.2. The van der Waals surface area contributed by atoms with Gasteiger partial charge in [0.2, 0.25) is 0 Å². The summed E-state index contributed by atoms with van der Waals surface area (Å²) >= 11 is 6.51. The van der Waals surface area contributed by atoms with Gasteiger partial charge in [-0.05, 0) is 38.2 Å². The van der Waals surface area contributed by atoms with Gasteiger partial charge in [-0.2, -0.15) is 0 Å². The van der Waals surface area contributed by atoms with Crippen LogP contribution in [0, 0.1) is 5.82 Å². The van der Waals surface area contributed by atoms with Crippen LogP contribution in [0.5, 0.6) is 11.5 Å². The summed E-state index contributed by atoms with van der Waals surface area (Å²) in [5, 5.41) is 8.02. The van der Waals surface area contributed by atoms with Gasteiger partial charge in [0.1, 0.15) is 5.82 Å². The Morgan fingerprint density at radius 1 is 1.10 bits per heavy atom. The van der Waals surface area contributed by atoms with Crippen LogP contribution in [0.2, 0.25) is 5.02 Å². The van der Waals surface area contributed by atoms with Crippen LogP contribution < -0.4 is 25.0 Å². The molecule has 2 N–H and O–H groups in total. The fraction of sp³-hybridized carbons (Fsp3) is 0.333. The summed E-state index contributed by atoms with van der Waals surface area (Å²) < 4.78 is 26.0. The summed E-state index contributed by atoms with van der Waals surface area (Å²) in [6.07, 6.45) is 2.59. The average Bonchev–Trinajstić information content (AvgIpc) is 3.43. The van der Waals surface area contributed by atoms with Crippen LogP contribution in [-0.4, -0.2) is 69.4 Å². The van der Waals surface area contributed by atoms with Crippen LogP contribution in [0.3, 0.4) is 0 Å². The Morgan fingerprint density at radius 2 is 1.88 bits per heavy atom. The predicted molar refractivity (Wildman–Crippen MR) is 160 cm³/mol. The molecule has 1 aliphatic rings. The lowest BCUT2D eigenvalue weighted by Gasteiger charge is -2.21. The molecular weight excluding hydrogens is 531 g/mol. The van der Waals surface area contributed by atoms with Crippen molar-refractivity contribution >= 4 is 45.5 Å². The first-order chi connectivity index (χ1) is 19.4. The largest absolute Gasteiger partial charge is 0.493 e. The summed E-state index contributed by atoms with van der Waals surface area (Å²) in [4.78, 5) is 13.6. The van der Waals surface area contributed by atoms with Crippen LogP contribution in [0.1, 0.15) is 17.9 Å². The summed E-state index contributed by atoms with van der Waals surface area (Å²) in [6.45, 7) is 2.99. The van der Waals surface area contributed by atoms with Crippen molar-refractivity contribution in [2.75, 3.05) is 70.0 Å². The fourth-order valence-electron chi connectivity index (χ4n) is 5.02. The van der Waals surface area contributed by atoms with E-state index in [9.17, 15) is 4.39 Å². The lowest BCUT2D eigenvalue weighted by molar-refractivity contribution is 0.356. The number of nitrogens with zero attached hydrogens (tertiary/aromatic N) is 4. The Balaban J connectivity index is 1.48. The Bertz CT molecular complexity index is 1500. The number of halogens is 2. The number of hydrogen-bond donors (Lipinski definition) is 2. The minimum atomic E-state index is -0.427. The number of methoxy groups -OCH3 is 2. The van der Waals surface area contributed by atoms with E-state index < -0.39 is 5.82 Å². The highest BCUT2D eigenvalue weighted by atomic mass is 35.5. The molecule has 1 aliphatic heterocycles. The Hall–Kier alpha value is -3.82. The number of aromatic nitrogens is 2. The van der Waals surface area contributed by atoms with Crippen molar-refractivity contribution in [2.24, 2.45) is 0 Å². The zero-order valence-electron chi connectivity index (χ0n) is 23.2. The zero-order valence-corrected chi connectivity index (χ0v) is 23.9. The molecule has 2 aromatic heterocycles. The maximum absolute atomic E-state index is 14.9. The average molecular weight is 565 g/mol. The highest BCUT2D eigenvalue weighted by Crippen LogP contribution is 2.40. The Morgan fingerprint density at radius 3 is 2.60 bits per heavy atom. The summed E-state index contributed by atoms with van der Waals surface area (Å²) in [5.41, 5.74) is 3.17. The lowest BCUT2D eigenvalue weighted by atomic mass is 9.98. The Labute approximate surface area is 239 Å². The van der Waals surface area contributed by atoms with E-state index in [4.69, 9.17) is 26.1 Å². The molecule has 210 valence electrons. The number of ether oxygens (including phenoxy) is 2. The molecule has 1 unspecified atom stereocenters. The standard InChI is InChI=1S/C30H34ClFN6O2/c1-37(2)12-10-33-30-24(32)13-20(17-34-30)35-26-16-29(36-25-15-28(40-4)27(39-3)14-22(25)26)38-11-9-19(18-38)21-7-5-6-8-23(21)31/h5-8,13-17,19H,9-12,18H2,1-4H3,(H,33,34)(H,35,36). The van der Waals surface area contributed by atoms with E-state index in [2.05, 4.69) is 26.6 Å². The van der Waals surface area contributed by atoms with Crippen molar-refractivity contribution in [3.05, 3.63) is 71.1 Å². The van der Waals surface area contributed by atoms with E-state index >= 15 is 0 Å². The van der Waals surface area contributed by atoms with Crippen molar-refractivity contribution in [1.82, 2.24) is 14.9 Å². The number of fused-ring (bicyclic) bond motifs is 1. The number of nitrogens with one attached hydrogen (secondary N) is 2. The first kappa shape index (κ1) is 27.7. The van der Waals surface area contributed by atoms with Gasteiger partial charge in [-0.25, -0.2) is 14.4 Å². The normalized spacial score (nSPS) is 15.1. The van der Waals surface area contributed by atoms with Gasteiger partial charge in [0.05, 0.1) is 37.3 Å². The molecule has 1 atom stereocenters. The van der Waals surface area contributed by atoms with Gasteiger partial charge in [-0.15, -0.1) is 0 Å². The van der Waals surface area contributed by atoms with Crippen LogP contribution in [0.4, 0.5) is 27.4 Å². The van der Waals surface area contributed by atoms with Gasteiger partial charge < -0.3 is 29.9 Å². The summed E-state index contributed by atoms with van der Waals surface area (Å²) in [6, 6.07) is 15.2. The Kier molecular flexibility index (Phi) is 8.42. The highest BCUT2D eigenvalue weighted by molar-refractivity contribution is 6.31. The third-order valence-electron chi connectivity index (χ3n) is 7.13. The maximum Gasteiger partial charge on any atom is 0.167 e. The molecule has 4 aromatic rings. The molecule has 0 radical (unpaired) electrons. The van der Waals surface area contributed by atoms with Gasteiger partial charge in [0, 0.05) is 60.7 Å². The van der Waals surface area contributed by atoms with Crippen molar-refractivity contribution < 1.29 is 13.9 Å². The van der Waals surface area contributed by atoms with E-state index in [1.807, 2.05) is 55.4 Å². The molecule has 2 aromatic carbocycles. The summed E-state index contributed by atoms with van der Waals surface area (Å²) in [5.74, 6) is 2.08. The highest BCUT2D eigenvalue weighted by Gasteiger charge is 2.27. The second-order valence-electron chi connectivity index (χ2n) is 10.1. The molecule has 40 heavy (non-hydrogen) atoms. The van der Waals surface area contributed by atoms with E-state index in [1.54, 1.807) is 20.4 Å². The van der Waals surface area contributed by atoms with Crippen LogP contribution in [0.15, 0.2) is 54.7 Å². The van der Waals surface area contributed by atoms with Crippen LogP contribution in [0.25, 0.3) is 10.9 Å². The number of pyridine rings is 2. The van der Waals surface area contributed by atoms with E-state index in [0.29, 0.717) is 29.6 Å². The quantitative estimate of drug-likeness (QED) is 0.237. The molecule has 10 heteroatoms. The maximum atomic E-state index is 14.9. The molecule has 0 saturated carbocycles. The van der Waals surface area contributed by atoms with Gasteiger partial charge in [0.15, 0.2) is 23.1 Å². The fourth-order valence-corrected chi connectivity index (χ4v) is 5.31. The van der Waals surface area contributed by atoms with Crippen molar-refractivity contribution in [2.45, 2.75) is 12.3 Å². The molecule has 5 rings (SSSR count). The molecule has 0 bridgehead atoms. The number of likely N-dealkylation sites (N-methyl/N-ethyl adjacent to an activating group) is 1. The smallest absolute Gasteiger partial charge is 0.167 e. The van der Waals surface area contributed by atoms with Crippen molar-refractivity contribution in [3.63, 3.8) is 0 Å². The number of hydrogen-bond acceptors (Lipinski definition) is 8. The van der Waals surface area contributed by atoms with Crippen LogP contribution >= 0.6 is 11.6 Å². The van der Waals surface area contributed by atoms with E-state index in [0.717, 1.165) is 59.0 Å². The number of benzene rings is 2. The van der Waals surface area contributed by atoms with Gasteiger partial charge in [-0.3, -0.25) is 0 Å². The van der Waals surface area contributed by atoms with Gasteiger partial charge in [-0.1, -0.05) is 29.8 Å². The minimum absolute atomic E-state index is 0.224. The molecule has 8 nitrogen and oxygen atoms in total. The van der Waals surface area contributed by atoms with Crippen molar-refractivity contribution in [1.29, 1.82) is 0 Å². The molecule has 1 saturated heterocycles. The molecule has 0 spiro atoms. The number of anilines is 4. The second-order valence-corrected chi connectivity index (χ2v) is 10.5. The third kappa shape index (κ3) is 6.00. The molecule has 1 fully saturated rings. The zero-order chi connectivity index (χ0) is 28.2.